The van der Waals surface area contributed by atoms with E-state index in [0.717, 1.165) is 0 Å². The van der Waals surface area contributed by atoms with Crippen LogP contribution in [0.1, 0.15) is 121 Å². The molecule has 0 unspecified atom stereocenters. The standard InChI is InChI=1S/C29H52P/c1-5-7-8-9-10-11-12-13-14-15-16-17-18-19-20-21-26-30(3,4)27-29-24-22-28(6-2)23-25-29/h6,22-25H,2,5,7-21,26-27H2,1,3-4H3/q+1. The van der Waals surface area contributed by atoms with Crippen molar-refractivity contribution in [3.8, 4) is 0 Å². The molecule has 0 aliphatic rings. The van der Waals surface area contributed by atoms with Gasteiger partial charge in [0.25, 0.3) is 0 Å². The molecule has 0 spiro atoms. The van der Waals surface area contributed by atoms with Crippen LogP contribution in [0.3, 0.4) is 0 Å². The van der Waals surface area contributed by atoms with Crippen LogP contribution in [-0.2, 0) is 6.16 Å². The fraction of sp³-hybridized carbons (Fsp3) is 0.724. The van der Waals surface area contributed by atoms with Gasteiger partial charge in [0.15, 0.2) is 0 Å². The van der Waals surface area contributed by atoms with Crippen molar-refractivity contribution in [3.63, 3.8) is 0 Å². The maximum atomic E-state index is 3.85. The molecule has 0 saturated carbocycles. The first kappa shape index (κ1) is 27.4. The molecule has 0 amide bonds. The number of benzene rings is 1. The van der Waals surface area contributed by atoms with E-state index < -0.39 is 7.26 Å². The van der Waals surface area contributed by atoms with Crippen molar-refractivity contribution in [3.05, 3.63) is 42.0 Å². The first-order chi connectivity index (χ1) is 14.6. The van der Waals surface area contributed by atoms with E-state index in [2.05, 4.69) is 51.1 Å². The van der Waals surface area contributed by atoms with Gasteiger partial charge in [-0.25, -0.2) is 0 Å². The van der Waals surface area contributed by atoms with Crippen LogP contribution < -0.4 is 0 Å². The molecule has 0 aromatic heterocycles. The molecule has 172 valence electrons. The summed E-state index contributed by atoms with van der Waals surface area (Å²) in [6.07, 6.45) is 28.0. The Labute approximate surface area is 190 Å². The SMILES string of the molecule is C=Cc1ccc(C[P+](C)(C)CCCCCCCCCCCCCCCCCC)cc1. The van der Waals surface area contributed by atoms with Gasteiger partial charge in [0.05, 0.1) is 12.3 Å². The van der Waals surface area contributed by atoms with Crippen LogP contribution in [-0.4, -0.2) is 19.5 Å². The average Bonchev–Trinajstić information content (AvgIpc) is 2.73. The molecular weight excluding hydrogens is 379 g/mol. The second-order valence-electron chi connectivity index (χ2n) is 10.1. The molecule has 0 radical (unpaired) electrons. The molecular formula is C29H52P+. The molecule has 0 N–H and O–H groups in total. The Morgan fingerprint density at radius 3 is 1.43 bits per heavy atom. The summed E-state index contributed by atoms with van der Waals surface area (Å²) in [7, 11) is -0.802. The zero-order chi connectivity index (χ0) is 21.9. The summed E-state index contributed by atoms with van der Waals surface area (Å²) in [5.74, 6) is 0. The highest BCUT2D eigenvalue weighted by Gasteiger charge is 2.24. The summed E-state index contributed by atoms with van der Waals surface area (Å²) in [5.41, 5.74) is 2.74. The van der Waals surface area contributed by atoms with Crippen LogP contribution in [0.25, 0.3) is 6.08 Å². The smallest absolute Gasteiger partial charge is 0.0837 e. The van der Waals surface area contributed by atoms with Gasteiger partial charge in [-0.2, -0.15) is 0 Å². The molecule has 0 aliphatic carbocycles. The third-order valence-electron chi connectivity index (χ3n) is 6.44. The highest BCUT2D eigenvalue weighted by atomic mass is 31.2. The molecule has 0 bridgehead atoms. The van der Waals surface area contributed by atoms with Gasteiger partial charge < -0.3 is 0 Å². The van der Waals surface area contributed by atoms with E-state index in [1.807, 2.05) is 6.08 Å². The van der Waals surface area contributed by atoms with Crippen LogP contribution in [0.4, 0.5) is 0 Å². The molecule has 1 aromatic carbocycles. The van der Waals surface area contributed by atoms with Crippen LogP contribution in [0, 0.1) is 0 Å². The molecule has 0 fully saturated rings. The minimum absolute atomic E-state index is 0.802. The van der Waals surface area contributed by atoms with Gasteiger partial charge in [0, 0.05) is 20.6 Å². The van der Waals surface area contributed by atoms with E-state index >= 15 is 0 Å². The van der Waals surface area contributed by atoms with Gasteiger partial charge in [-0.3, -0.25) is 0 Å². The zero-order valence-corrected chi connectivity index (χ0v) is 21.7. The van der Waals surface area contributed by atoms with Crippen LogP contribution in [0.15, 0.2) is 30.8 Å². The average molecular weight is 432 g/mol. The summed E-state index contributed by atoms with van der Waals surface area (Å²) in [4.78, 5) is 0. The second-order valence-corrected chi connectivity index (χ2v) is 14.7. The first-order valence-corrected chi connectivity index (χ1v) is 16.2. The molecule has 0 saturated heterocycles. The molecule has 0 aliphatic heterocycles. The zero-order valence-electron chi connectivity index (χ0n) is 20.8. The summed E-state index contributed by atoms with van der Waals surface area (Å²) < 4.78 is 0. The summed E-state index contributed by atoms with van der Waals surface area (Å²) in [6, 6.07) is 9.01. The molecule has 1 rings (SSSR count). The lowest BCUT2D eigenvalue weighted by Crippen LogP contribution is -2.00. The van der Waals surface area contributed by atoms with E-state index in [4.69, 9.17) is 0 Å². The normalized spacial score (nSPS) is 11.7. The van der Waals surface area contributed by atoms with Crippen LogP contribution >= 0.6 is 7.26 Å². The molecule has 0 nitrogen and oxygen atoms in total. The topological polar surface area (TPSA) is 0 Å². The van der Waals surface area contributed by atoms with Crippen molar-refractivity contribution < 1.29 is 0 Å². The summed E-state index contributed by atoms with van der Waals surface area (Å²) >= 11 is 0. The Morgan fingerprint density at radius 2 is 1.03 bits per heavy atom. The fourth-order valence-corrected chi connectivity index (χ4v) is 6.86. The summed E-state index contributed by atoms with van der Waals surface area (Å²) in [5, 5.41) is 0. The number of hydrogen-bond donors (Lipinski definition) is 0. The van der Waals surface area contributed by atoms with Gasteiger partial charge in [0.2, 0.25) is 0 Å². The lowest BCUT2D eigenvalue weighted by atomic mass is 10.0. The summed E-state index contributed by atoms with van der Waals surface area (Å²) in [6.45, 7) is 11.2. The van der Waals surface area contributed by atoms with Crippen LogP contribution in [0.5, 0.6) is 0 Å². The van der Waals surface area contributed by atoms with Crippen molar-refractivity contribution in [2.24, 2.45) is 0 Å². The Hall–Kier alpha value is -0.610. The maximum Gasteiger partial charge on any atom is 0.0837 e. The Morgan fingerprint density at radius 1 is 0.633 bits per heavy atom. The molecule has 1 aromatic rings. The van der Waals surface area contributed by atoms with Crippen molar-refractivity contribution in [1.82, 2.24) is 0 Å². The predicted octanol–water partition coefficient (Wildman–Crippen LogP) is 10.4. The quantitative estimate of drug-likeness (QED) is 0.142. The Balaban J connectivity index is 1.90. The van der Waals surface area contributed by atoms with E-state index in [-0.39, 0.29) is 0 Å². The van der Waals surface area contributed by atoms with Gasteiger partial charge in [-0.15, -0.1) is 0 Å². The van der Waals surface area contributed by atoms with Gasteiger partial charge in [0.1, 0.15) is 0 Å². The molecule has 30 heavy (non-hydrogen) atoms. The van der Waals surface area contributed by atoms with Crippen molar-refractivity contribution >= 4 is 13.3 Å². The van der Waals surface area contributed by atoms with Gasteiger partial charge in [-0.05, 0) is 24.0 Å². The van der Waals surface area contributed by atoms with Gasteiger partial charge >= 0.3 is 0 Å². The monoisotopic (exact) mass is 431 g/mol. The van der Waals surface area contributed by atoms with Crippen molar-refractivity contribution in [2.75, 3.05) is 19.5 Å². The van der Waals surface area contributed by atoms with E-state index in [1.54, 1.807) is 0 Å². The highest BCUT2D eigenvalue weighted by molar-refractivity contribution is 7.73. The van der Waals surface area contributed by atoms with E-state index in [9.17, 15) is 0 Å². The number of hydrogen-bond acceptors (Lipinski definition) is 0. The molecule has 0 atom stereocenters. The lowest BCUT2D eigenvalue weighted by molar-refractivity contribution is 0.531. The number of unbranched alkanes of at least 4 members (excludes halogenated alkanes) is 15. The highest BCUT2D eigenvalue weighted by Crippen LogP contribution is 2.55. The second kappa shape index (κ2) is 18.0. The minimum Gasteiger partial charge on any atom is -0.0985 e. The molecule has 1 heteroatoms. The van der Waals surface area contributed by atoms with Crippen molar-refractivity contribution in [1.29, 1.82) is 0 Å². The maximum absolute atomic E-state index is 3.85. The van der Waals surface area contributed by atoms with E-state index in [0.29, 0.717) is 0 Å². The molecule has 0 heterocycles. The van der Waals surface area contributed by atoms with Crippen LogP contribution in [0.2, 0.25) is 0 Å². The largest absolute Gasteiger partial charge is 0.0985 e. The Kier molecular flexibility index (Phi) is 16.5. The predicted molar refractivity (Wildman–Crippen MR) is 143 cm³/mol. The van der Waals surface area contributed by atoms with Crippen molar-refractivity contribution in [2.45, 2.75) is 116 Å². The third-order valence-corrected chi connectivity index (χ3v) is 9.19. The Bertz CT molecular complexity index is 514. The minimum atomic E-state index is -0.802. The lowest BCUT2D eigenvalue weighted by Gasteiger charge is -2.18. The third kappa shape index (κ3) is 15.2. The first-order valence-electron chi connectivity index (χ1n) is 13.1. The van der Waals surface area contributed by atoms with E-state index in [1.165, 1.54) is 126 Å². The number of rotatable bonds is 20. The van der Waals surface area contributed by atoms with Gasteiger partial charge in [-0.1, -0.05) is 134 Å². The fourth-order valence-electron chi connectivity index (χ4n) is 4.42.